The Morgan fingerprint density at radius 1 is 1.25 bits per heavy atom. The fourth-order valence-corrected chi connectivity index (χ4v) is 0. The third kappa shape index (κ3) is 10.2. The van der Waals surface area contributed by atoms with Crippen LogP contribution in [-0.2, 0) is 13.5 Å². The first-order valence-electron chi connectivity index (χ1n) is 0.204. The number of hydrogen-bond donors (Lipinski definition) is 0. The number of rotatable bonds is 0. The summed E-state index contributed by atoms with van der Waals surface area (Å²) in [6.45, 7) is 0. The van der Waals surface area contributed by atoms with E-state index >= 15 is 0 Å². The molecule has 0 aromatic carbocycles. The minimum absolute atomic E-state index is 0. The van der Waals surface area contributed by atoms with Gasteiger partial charge in [0, 0.05) is 0 Å². The number of thiol groups is 1. The van der Waals surface area contributed by atoms with Gasteiger partial charge in [0.2, 0.25) is 0 Å². The molecule has 0 unspecified atom stereocenters. The molecule has 0 saturated heterocycles. The number of hydrogen-bond acceptors (Lipinski definition) is 2. The summed E-state index contributed by atoms with van der Waals surface area (Å²) in [5.74, 6) is 0. The molecule has 0 aromatic heterocycles. The van der Waals surface area contributed by atoms with Gasteiger partial charge in [0.05, 0.1) is 0 Å². The zero-order valence-corrected chi connectivity index (χ0v) is 6.42. The van der Waals surface area contributed by atoms with E-state index in [1.165, 1.54) is 0 Å². The average molecular weight is 206 g/mol. The maximum absolute atomic E-state index is 4.17. The molecular weight excluding hydrogens is 202 g/mol. The van der Waals surface area contributed by atoms with Crippen molar-refractivity contribution in [2.24, 2.45) is 0 Å². The Morgan fingerprint density at radius 3 is 1.25 bits per heavy atom. The van der Waals surface area contributed by atoms with E-state index in [-0.39, 0.29) is 19.0 Å². The molecular formula is H4OS2Sb-. The van der Waals surface area contributed by atoms with Crippen molar-refractivity contribution in [3.8, 4) is 0 Å². The van der Waals surface area contributed by atoms with E-state index in [2.05, 4.69) is 9.19 Å². The molecule has 0 spiro atoms. The first-order valence-corrected chi connectivity index (χ1v) is 4.11. The standard InChI is InChI=1S/H2O.H2S.S.Sb.H/h2*1H2;;;/p-1. The van der Waals surface area contributed by atoms with E-state index in [1.54, 1.807) is 0 Å². The molecule has 4 heavy (non-hydrogen) atoms. The van der Waals surface area contributed by atoms with Crippen molar-refractivity contribution in [3.63, 3.8) is 0 Å². The summed E-state index contributed by atoms with van der Waals surface area (Å²) >= 11 is 1.13. The third-order valence-corrected chi connectivity index (χ3v) is 0. The van der Waals surface area contributed by atoms with Crippen molar-refractivity contribution >= 4 is 43.7 Å². The van der Waals surface area contributed by atoms with Crippen molar-refractivity contribution < 1.29 is 5.48 Å². The molecule has 0 atom stereocenters. The van der Waals surface area contributed by atoms with Gasteiger partial charge in [0.25, 0.3) is 0 Å². The molecule has 0 rings (SSSR count). The van der Waals surface area contributed by atoms with Gasteiger partial charge in [0.15, 0.2) is 0 Å². The van der Waals surface area contributed by atoms with Crippen molar-refractivity contribution in [2.75, 3.05) is 0 Å². The summed E-state index contributed by atoms with van der Waals surface area (Å²) in [5, 5.41) is 0. The predicted octanol–water partition coefficient (Wildman–Crippen LogP) is -1.10. The van der Waals surface area contributed by atoms with Crippen LogP contribution in [0, 0.1) is 0 Å². The van der Waals surface area contributed by atoms with Crippen molar-refractivity contribution in [2.45, 2.75) is 0 Å². The van der Waals surface area contributed by atoms with Gasteiger partial charge in [-0.15, -0.1) is 0 Å². The first kappa shape index (κ1) is 18.3. The van der Waals surface area contributed by atoms with E-state index in [0.717, 1.165) is 21.1 Å². The molecule has 0 heterocycles. The maximum atomic E-state index is 4.17. The molecule has 0 aliphatic carbocycles. The van der Waals surface area contributed by atoms with E-state index in [9.17, 15) is 0 Å². The Kier molecular flexibility index (Phi) is 123. The first-order chi connectivity index (χ1) is 1.00. The molecule has 1 nitrogen and oxygen atoms in total. The molecule has 0 amide bonds. The molecule has 2 N–H and O–H groups in total. The van der Waals surface area contributed by atoms with Crippen LogP contribution in [-0.4, -0.2) is 26.5 Å². The van der Waals surface area contributed by atoms with Crippen LogP contribution in [0.1, 0.15) is 0 Å². The van der Waals surface area contributed by atoms with Crippen LogP contribution < -0.4 is 0 Å². The van der Waals surface area contributed by atoms with Gasteiger partial charge in [-0.1, -0.05) is 0 Å². The summed E-state index contributed by atoms with van der Waals surface area (Å²) in [5.41, 5.74) is 0. The van der Waals surface area contributed by atoms with Gasteiger partial charge in [0.1, 0.15) is 0 Å². The van der Waals surface area contributed by atoms with Gasteiger partial charge in [-0.05, 0) is 0 Å². The fourth-order valence-electron chi connectivity index (χ4n) is 0. The van der Waals surface area contributed by atoms with Crippen LogP contribution in [0.25, 0.3) is 0 Å². The Labute approximate surface area is 49.1 Å². The van der Waals surface area contributed by atoms with Crippen molar-refractivity contribution in [1.29, 1.82) is 0 Å². The van der Waals surface area contributed by atoms with Crippen LogP contribution in [0.5, 0.6) is 0 Å². The van der Waals surface area contributed by atoms with Crippen LogP contribution >= 0.6 is 9.19 Å². The Balaban J connectivity index is -0.00000000500. The van der Waals surface area contributed by atoms with E-state index in [1.807, 2.05) is 0 Å². The van der Waals surface area contributed by atoms with Gasteiger partial charge in [-0.25, -0.2) is 0 Å². The van der Waals surface area contributed by atoms with Crippen LogP contribution in [0.3, 0.4) is 0 Å². The topological polar surface area (TPSA) is 31.5 Å². The fraction of sp³-hybridized carbons (Fsp3) is 0. The van der Waals surface area contributed by atoms with Crippen LogP contribution in [0.2, 0.25) is 0 Å². The molecule has 0 radical (unpaired) electrons. The molecule has 0 fully saturated rings. The predicted molar refractivity (Wildman–Crippen MR) is 27.1 cm³/mol. The molecule has 0 aromatic rings. The van der Waals surface area contributed by atoms with E-state index in [0.29, 0.717) is 0 Å². The third-order valence-electron chi connectivity index (χ3n) is 0. The minimum atomic E-state index is 0. The summed E-state index contributed by atoms with van der Waals surface area (Å²) in [6.07, 6.45) is 0. The second kappa shape index (κ2) is 26.8. The molecule has 0 aliphatic heterocycles. The summed E-state index contributed by atoms with van der Waals surface area (Å²) in [7, 11) is 4.17. The van der Waals surface area contributed by atoms with Crippen LogP contribution in [0.4, 0.5) is 0 Å². The second-order valence-electron chi connectivity index (χ2n) is 0. The molecule has 4 heteroatoms. The molecule has 28 valence electrons. The SMILES string of the molecule is O.[SH-].[S]=[SbH]. The van der Waals surface area contributed by atoms with Gasteiger partial charge >= 0.3 is 30.2 Å². The normalized spacial score (nSPS) is 1.00. The van der Waals surface area contributed by atoms with Crippen molar-refractivity contribution in [3.05, 3.63) is 0 Å². The van der Waals surface area contributed by atoms with Gasteiger partial charge in [-0.3, -0.25) is 0 Å². The summed E-state index contributed by atoms with van der Waals surface area (Å²) < 4.78 is 0. The zero-order chi connectivity index (χ0) is 2.00. The Bertz CT molecular complexity index is 6.00. The molecule has 0 bridgehead atoms. The monoisotopic (exact) mass is 205 g/mol. The molecule has 0 saturated carbocycles. The Morgan fingerprint density at radius 2 is 1.25 bits per heavy atom. The van der Waals surface area contributed by atoms with Crippen molar-refractivity contribution in [1.82, 2.24) is 0 Å². The quantitative estimate of drug-likeness (QED) is 0.286. The van der Waals surface area contributed by atoms with Crippen LogP contribution in [0.15, 0.2) is 0 Å². The summed E-state index contributed by atoms with van der Waals surface area (Å²) in [6, 6.07) is 0. The Hall–Kier alpha value is 1.35. The second-order valence-corrected chi connectivity index (χ2v) is 0. The molecule has 0 aliphatic rings. The summed E-state index contributed by atoms with van der Waals surface area (Å²) in [4.78, 5) is 0. The van der Waals surface area contributed by atoms with E-state index < -0.39 is 0 Å². The van der Waals surface area contributed by atoms with Gasteiger partial charge < -0.3 is 19.0 Å². The zero-order valence-electron chi connectivity index (χ0n) is 1.86. The average Bonchev–Trinajstić information content (AvgIpc) is 1.00. The van der Waals surface area contributed by atoms with Gasteiger partial charge in [-0.2, -0.15) is 0 Å². The van der Waals surface area contributed by atoms with E-state index in [4.69, 9.17) is 0 Å².